The number of rotatable bonds is 10. The number of likely N-dealkylation sites (N-methyl/N-ethyl adjacent to an activating group) is 1. The molecule has 0 aromatic rings. The third-order valence-electron chi connectivity index (χ3n) is 3.51. The van der Waals surface area contributed by atoms with Crippen LogP contribution in [0.15, 0.2) is 0 Å². The zero-order chi connectivity index (χ0) is 13.3. The Balaban J connectivity index is 3.99. The summed E-state index contributed by atoms with van der Waals surface area (Å²) in [6.45, 7) is 10.3. The van der Waals surface area contributed by atoms with Crippen LogP contribution in [0.1, 0.15) is 59.8 Å². The maximum atomic E-state index is 3.75. The van der Waals surface area contributed by atoms with Crippen molar-refractivity contribution >= 4 is 0 Å². The number of nitrogens with zero attached hydrogens (tertiary/aromatic N) is 1. The highest BCUT2D eigenvalue weighted by atomic mass is 15.1. The quantitative estimate of drug-likeness (QED) is 0.630. The summed E-state index contributed by atoms with van der Waals surface area (Å²) in [4.78, 5) is 2.36. The Bertz CT molecular complexity index is 166. The highest BCUT2D eigenvalue weighted by Gasteiger charge is 2.14. The molecule has 104 valence electrons. The second kappa shape index (κ2) is 9.90. The lowest BCUT2D eigenvalue weighted by atomic mass is 10.0. The molecule has 17 heavy (non-hydrogen) atoms. The summed E-state index contributed by atoms with van der Waals surface area (Å²) in [5.41, 5.74) is 0. The SMILES string of the molecule is CCCCC(CC)NCC(CC(C)C)N(C)C. The second-order valence-corrected chi connectivity index (χ2v) is 5.90. The summed E-state index contributed by atoms with van der Waals surface area (Å²) < 4.78 is 0. The minimum atomic E-state index is 0.672. The van der Waals surface area contributed by atoms with Gasteiger partial charge in [-0.15, -0.1) is 0 Å². The second-order valence-electron chi connectivity index (χ2n) is 5.90. The first-order chi connectivity index (χ1) is 8.01. The molecule has 2 atom stereocenters. The van der Waals surface area contributed by atoms with Gasteiger partial charge in [-0.3, -0.25) is 0 Å². The van der Waals surface area contributed by atoms with Gasteiger partial charge in [0.2, 0.25) is 0 Å². The van der Waals surface area contributed by atoms with Crippen LogP contribution in [0.5, 0.6) is 0 Å². The van der Waals surface area contributed by atoms with Crippen LogP contribution in [0.25, 0.3) is 0 Å². The molecule has 0 aromatic carbocycles. The van der Waals surface area contributed by atoms with Crippen LogP contribution in [0.2, 0.25) is 0 Å². The molecule has 0 heterocycles. The first-order valence-electron chi connectivity index (χ1n) is 7.41. The average molecular weight is 242 g/mol. The van der Waals surface area contributed by atoms with E-state index in [1.54, 1.807) is 0 Å². The van der Waals surface area contributed by atoms with E-state index in [9.17, 15) is 0 Å². The molecule has 2 heteroatoms. The first kappa shape index (κ1) is 16.9. The number of unbranched alkanes of at least 4 members (excludes halogenated alkanes) is 1. The van der Waals surface area contributed by atoms with Crippen molar-refractivity contribution in [2.24, 2.45) is 5.92 Å². The number of hydrogen-bond acceptors (Lipinski definition) is 2. The standard InChI is InChI=1S/C15H34N2/c1-7-9-10-14(8-2)16-12-15(17(5)6)11-13(3)4/h13-16H,7-12H2,1-6H3. The summed E-state index contributed by atoms with van der Waals surface area (Å²) in [7, 11) is 4.39. The van der Waals surface area contributed by atoms with Crippen LogP contribution in [0, 0.1) is 5.92 Å². The maximum Gasteiger partial charge on any atom is 0.0217 e. The Kier molecular flexibility index (Phi) is 9.85. The molecular formula is C15H34N2. The van der Waals surface area contributed by atoms with Gasteiger partial charge in [-0.05, 0) is 39.3 Å². The van der Waals surface area contributed by atoms with Crippen LogP contribution >= 0.6 is 0 Å². The fourth-order valence-corrected chi connectivity index (χ4v) is 2.22. The molecule has 2 unspecified atom stereocenters. The van der Waals surface area contributed by atoms with Crippen LogP contribution in [-0.2, 0) is 0 Å². The molecule has 0 amide bonds. The molecule has 0 rings (SSSR count). The van der Waals surface area contributed by atoms with Gasteiger partial charge in [-0.2, -0.15) is 0 Å². The normalized spacial score (nSPS) is 15.5. The predicted molar refractivity (Wildman–Crippen MR) is 78.5 cm³/mol. The Morgan fingerprint density at radius 3 is 2.18 bits per heavy atom. The van der Waals surface area contributed by atoms with Crippen LogP contribution in [-0.4, -0.2) is 37.6 Å². The lowest BCUT2D eigenvalue weighted by molar-refractivity contribution is 0.237. The van der Waals surface area contributed by atoms with Crippen molar-refractivity contribution < 1.29 is 0 Å². The van der Waals surface area contributed by atoms with Crippen molar-refractivity contribution in [1.82, 2.24) is 10.2 Å². The molecule has 0 aromatic heterocycles. The van der Waals surface area contributed by atoms with Gasteiger partial charge in [-0.1, -0.05) is 40.5 Å². The van der Waals surface area contributed by atoms with Gasteiger partial charge < -0.3 is 10.2 Å². The minimum Gasteiger partial charge on any atom is -0.312 e. The molecule has 0 spiro atoms. The third kappa shape index (κ3) is 8.62. The van der Waals surface area contributed by atoms with E-state index in [1.165, 1.54) is 32.1 Å². The summed E-state index contributed by atoms with van der Waals surface area (Å²) in [6.07, 6.45) is 6.52. The molecule has 0 fully saturated rings. The van der Waals surface area contributed by atoms with Crippen LogP contribution in [0.3, 0.4) is 0 Å². The largest absolute Gasteiger partial charge is 0.312 e. The van der Waals surface area contributed by atoms with Crippen molar-refractivity contribution in [3.05, 3.63) is 0 Å². The maximum absolute atomic E-state index is 3.75. The number of hydrogen-bond donors (Lipinski definition) is 1. The molecule has 0 bridgehead atoms. The zero-order valence-corrected chi connectivity index (χ0v) is 12.9. The van der Waals surface area contributed by atoms with Crippen molar-refractivity contribution in [3.63, 3.8) is 0 Å². The first-order valence-corrected chi connectivity index (χ1v) is 7.41. The molecule has 0 saturated heterocycles. The molecule has 0 aliphatic carbocycles. The van der Waals surface area contributed by atoms with E-state index in [0.717, 1.165) is 12.5 Å². The van der Waals surface area contributed by atoms with Gasteiger partial charge in [0, 0.05) is 18.6 Å². The van der Waals surface area contributed by atoms with Gasteiger partial charge in [0.15, 0.2) is 0 Å². The Labute approximate surface area is 109 Å². The highest BCUT2D eigenvalue weighted by molar-refractivity contribution is 4.74. The van der Waals surface area contributed by atoms with E-state index < -0.39 is 0 Å². The van der Waals surface area contributed by atoms with Gasteiger partial charge in [0.1, 0.15) is 0 Å². The molecule has 0 saturated carbocycles. The van der Waals surface area contributed by atoms with Gasteiger partial charge in [0.25, 0.3) is 0 Å². The van der Waals surface area contributed by atoms with E-state index >= 15 is 0 Å². The van der Waals surface area contributed by atoms with Gasteiger partial charge in [0.05, 0.1) is 0 Å². The Morgan fingerprint density at radius 2 is 1.76 bits per heavy atom. The zero-order valence-electron chi connectivity index (χ0n) is 12.9. The number of nitrogens with one attached hydrogen (secondary N) is 1. The fraction of sp³-hybridized carbons (Fsp3) is 1.00. The average Bonchev–Trinajstić information content (AvgIpc) is 2.26. The lowest BCUT2D eigenvalue weighted by Gasteiger charge is -2.28. The summed E-state index contributed by atoms with van der Waals surface area (Å²) >= 11 is 0. The van der Waals surface area contributed by atoms with Crippen molar-refractivity contribution in [2.45, 2.75) is 71.9 Å². The molecule has 2 nitrogen and oxygen atoms in total. The summed E-state index contributed by atoms with van der Waals surface area (Å²) in [5.74, 6) is 0.778. The summed E-state index contributed by atoms with van der Waals surface area (Å²) in [6, 6.07) is 1.38. The Hall–Kier alpha value is -0.0800. The third-order valence-corrected chi connectivity index (χ3v) is 3.51. The molecule has 0 aliphatic heterocycles. The predicted octanol–water partition coefficient (Wildman–Crippen LogP) is 3.52. The molecule has 0 aliphatic rings. The topological polar surface area (TPSA) is 15.3 Å². The smallest absolute Gasteiger partial charge is 0.0217 e. The van der Waals surface area contributed by atoms with Gasteiger partial charge in [-0.25, -0.2) is 0 Å². The van der Waals surface area contributed by atoms with E-state index in [0.29, 0.717) is 12.1 Å². The van der Waals surface area contributed by atoms with E-state index in [-0.39, 0.29) is 0 Å². The van der Waals surface area contributed by atoms with E-state index in [2.05, 4.69) is 52.0 Å². The van der Waals surface area contributed by atoms with Crippen molar-refractivity contribution in [2.75, 3.05) is 20.6 Å². The highest BCUT2D eigenvalue weighted by Crippen LogP contribution is 2.10. The molecule has 1 N–H and O–H groups in total. The Morgan fingerprint density at radius 1 is 1.12 bits per heavy atom. The van der Waals surface area contributed by atoms with Crippen molar-refractivity contribution in [3.8, 4) is 0 Å². The van der Waals surface area contributed by atoms with E-state index in [1.807, 2.05) is 0 Å². The lowest BCUT2D eigenvalue weighted by Crippen LogP contribution is -2.42. The molecular weight excluding hydrogens is 208 g/mol. The molecule has 0 radical (unpaired) electrons. The van der Waals surface area contributed by atoms with E-state index in [4.69, 9.17) is 0 Å². The van der Waals surface area contributed by atoms with Crippen LogP contribution in [0.4, 0.5) is 0 Å². The van der Waals surface area contributed by atoms with Crippen LogP contribution < -0.4 is 5.32 Å². The minimum absolute atomic E-state index is 0.672. The fourth-order valence-electron chi connectivity index (χ4n) is 2.22. The van der Waals surface area contributed by atoms with Crippen molar-refractivity contribution in [1.29, 1.82) is 0 Å². The summed E-state index contributed by atoms with van der Waals surface area (Å²) in [5, 5.41) is 3.75. The monoisotopic (exact) mass is 242 g/mol. The van der Waals surface area contributed by atoms with Gasteiger partial charge >= 0.3 is 0 Å².